The Morgan fingerprint density at radius 3 is 2.06 bits per heavy atom. The molecule has 0 N–H and O–H groups in total. The third kappa shape index (κ3) is 5.79. The van der Waals surface area contributed by atoms with Crippen LogP contribution in [0.3, 0.4) is 0 Å². The van der Waals surface area contributed by atoms with Crippen molar-refractivity contribution in [2.24, 2.45) is 0 Å². The molecule has 1 atom stereocenters. The molecule has 3 aromatic rings. The Hall–Kier alpha value is -2.75. The third-order valence-corrected chi connectivity index (χ3v) is 6.90. The van der Waals surface area contributed by atoms with Crippen molar-refractivity contribution in [3.63, 3.8) is 0 Å². The maximum Gasteiger partial charge on any atom is 0.196 e. The first-order valence-electron chi connectivity index (χ1n) is 12.3. The third-order valence-electron chi connectivity index (χ3n) is 6.90. The molecule has 1 fully saturated rings. The van der Waals surface area contributed by atoms with Crippen LogP contribution in [0.4, 0.5) is 0 Å². The van der Waals surface area contributed by atoms with E-state index < -0.39 is 5.60 Å². The summed E-state index contributed by atoms with van der Waals surface area (Å²) in [5.41, 5.74) is 2.79. The molecule has 5 rings (SSSR count). The van der Waals surface area contributed by atoms with Crippen LogP contribution in [0.1, 0.15) is 53.6 Å². The van der Waals surface area contributed by atoms with Crippen LogP contribution in [0.15, 0.2) is 91.0 Å². The van der Waals surface area contributed by atoms with Crippen LogP contribution >= 0.6 is 0 Å². The molecule has 3 heteroatoms. The van der Waals surface area contributed by atoms with Gasteiger partial charge in [0, 0.05) is 18.7 Å². The minimum atomic E-state index is -0.678. The number of hydrogen-bond donors (Lipinski definition) is 0. The van der Waals surface area contributed by atoms with Gasteiger partial charge in [-0.3, -0.25) is 9.69 Å². The monoisotopic (exact) mass is 441 g/mol. The lowest BCUT2D eigenvalue weighted by atomic mass is 9.78. The van der Waals surface area contributed by atoms with Gasteiger partial charge >= 0.3 is 0 Å². The van der Waals surface area contributed by atoms with E-state index in [1.807, 2.05) is 61.5 Å². The van der Waals surface area contributed by atoms with Gasteiger partial charge in [0.1, 0.15) is 5.60 Å². The van der Waals surface area contributed by atoms with E-state index >= 15 is 0 Å². The van der Waals surface area contributed by atoms with Crippen LogP contribution in [-0.2, 0) is 11.2 Å². The van der Waals surface area contributed by atoms with Gasteiger partial charge in [0.15, 0.2) is 5.78 Å². The number of rotatable bonds is 5. The van der Waals surface area contributed by atoms with E-state index in [0.717, 1.165) is 50.9 Å². The summed E-state index contributed by atoms with van der Waals surface area (Å²) in [6, 6.07) is 30.8. The van der Waals surface area contributed by atoms with E-state index in [2.05, 4.69) is 41.3 Å². The summed E-state index contributed by atoms with van der Waals surface area (Å²) in [7, 11) is 0. The van der Waals surface area contributed by atoms with Gasteiger partial charge in [-0.2, -0.15) is 0 Å². The quantitative estimate of drug-likeness (QED) is 0.475. The molecule has 0 aromatic heterocycles. The molecule has 33 heavy (non-hydrogen) atoms. The predicted octanol–water partition coefficient (Wildman–Crippen LogP) is 6.16. The number of Topliss-reactive ketones (excluding diaryl/α,β-unsaturated/α-hetero) is 1. The lowest BCUT2D eigenvalue weighted by Crippen LogP contribution is -2.54. The molecule has 3 nitrogen and oxygen atoms in total. The van der Waals surface area contributed by atoms with E-state index in [1.54, 1.807) is 0 Å². The molecule has 172 valence electrons. The lowest BCUT2D eigenvalue weighted by Gasteiger charge is -2.42. The highest BCUT2D eigenvalue weighted by atomic mass is 16.5. The fourth-order valence-corrected chi connectivity index (χ4v) is 5.16. The van der Waals surface area contributed by atoms with Crippen LogP contribution in [-0.4, -0.2) is 42.5 Å². The average molecular weight is 442 g/mol. The van der Waals surface area contributed by atoms with Crippen LogP contribution in [0, 0.1) is 0 Å². The number of fused-ring (bicyclic) bond motifs is 1. The van der Waals surface area contributed by atoms with Crippen molar-refractivity contribution >= 4 is 5.78 Å². The average Bonchev–Trinajstić information content (AvgIpc) is 2.89. The zero-order valence-electron chi connectivity index (χ0n) is 19.7. The Morgan fingerprint density at radius 1 is 0.848 bits per heavy atom. The molecule has 3 aromatic carbocycles. The number of ether oxygens (including phenoxy) is 1. The topological polar surface area (TPSA) is 29.5 Å². The number of aryl methyl sites for hydroxylation is 1. The molecule has 1 aliphatic heterocycles. The number of carbonyl (C=O) groups is 1. The lowest BCUT2D eigenvalue weighted by molar-refractivity contribution is -0.0491. The molecule has 0 amide bonds. The number of ketones is 1. The van der Waals surface area contributed by atoms with E-state index in [9.17, 15) is 4.79 Å². The highest BCUT2D eigenvalue weighted by Gasteiger charge is 2.44. The maximum absolute atomic E-state index is 13.3. The van der Waals surface area contributed by atoms with Gasteiger partial charge in [0.05, 0.1) is 0 Å². The van der Waals surface area contributed by atoms with Gasteiger partial charge in [0.2, 0.25) is 0 Å². The molecule has 1 heterocycles. The van der Waals surface area contributed by atoms with Crippen molar-refractivity contribution in [1.29, 1.82) is 0 Å². The fourth-order valence-electron chi connectivity index (χ4n) is 5.16. The van der Waals surface area contributed by atoms with Gasteiger partial charge in [0.25, 0.3) is 0 Å². The smallest absolute Gasteiger partial charge is 0.196 e. The predicted molar refractivity (Wildman–Crippen MR) is 135 cm³/mol. The summed E-state index contributed by atoms with van der Waals surface area (Å²) in [5.74, 6) is 0.810. The highest BCUT2D eigenvalue weighted by Crippen LogP contribution is 2.35. The second-order valence-corrected chi connectivity index (χ2v) is 9.03. The highest BCUT2D eigenvalue weighted by molar-refractivity contribution is 6.05. The number of likely N-dealkylation sites (tertiary alicyclic amines) is 1. The molecule has 0 saturated carbocycles. The molecule has 1 saturated heterocycles. The zero-order chi connectivity index (χ0) is 22.9. The SMILES string of the molecule is CCOC1(CN2CCC(c3ccccc3)CC2)CCc2ccccc2C1=O.c1ccccc1. The van der Waals surface area contributed by atoms with Gasteiger partial charge < -0.3 is 4.74 Å². The first-order chi connectivity index (χ1) is 16.2. The van der Waals surface area contributed by atoms with Crippen LogP contribution in [0.2, 0.25) is 0 Å². The number of benzene rings is 3. The second-order valence-electron chi connectivity index (χ2n) is 9.03. The van der Waals surface area contributed by atoms with Crippen LogP contribution in [0.25, 0.3) is 0 Å². The van der Waals surface area contributed by atoms with Crippen molar-refractivity contribution < 1.29 is 9.53 Å². The summed E-state index contributed by atoms with van der Waals surface area (Å²) < 4.78 is 6.16. The number of piperidine rings is 1. The van der Waals surface area contributed by atoms with Gasteiger partial charge in [-0.1, -0.05) is 91.0 Å². The van der Waals surface area contributed by atoms with Gasteiger partial charge in [-0.05, 0) is 62.7 Å². The van der Waals surface area contributed by atoms with E-state index in [0.29, 0.717) is 12.5 Å². The van der Waals surface area contributed by atoms with Crippen molar-refractivity contribution in [3.05, 3.63) is 108 Å². The van der Waals surface area contributed by atoms with Gasteiger partial charge in [-0.15, -0.1) is 0 Å². The molecular weight excluding hydrogens is 406 g/mol. The molecule has 0 bridgehead atoms. The van der Waals surface area contributed by atoms with E-state index in [1.165, 1.54) is 11.1 Å². The summed E-state index contributed by atoms with van der Waals surface area (Å²) >= 11 is 0. The summed E-state index contributed by atoms with van der Waals surface area (Å²) in [5, 5.41) is 0. The van der Waals surface area contributed by atoms with Crippen LogP contribution in [0.5, 0.6) is 0 Å². The Kier molecular flexibility index (Phi) is 8.09. The molecule has 1 unspecified atom stereocenters. The zero-order valence-corrected chi connectivity index (χ0v) is 19.7. The molecular formula is C30H35NO2. The van der Waals surface area contributed by atoms with Crippen molar-refractivity contribution in [2.75, 3.05) is 26.2 Å². The standard InChI is InChI=1S/C24H29NO2.C6H6/c1-2-27-24(15-12-21-10-6-7-11-22(21)23(24)26)18-25-16-13-20(14-17-25)19-8-4-3-5-9-19;1-2-4-6-5-3-1/h3-11,20H,2,12-18H2,1H3;1-6H. The van der Waals surface area contributed by atoms with Crippen molar-refractivity contribution in [3.8, 4) is 0 Å². The van der Waals surface area contributed by atoms with Crippen molar-refractivity contribution in [2.45, 2.75) is 44.1 Å². The molecule has 0 radical (unpaired) electrons. The summed E-state index contributed by atoms with van der Waals surface area (Å²) in [6.45, 7) is 5.35. The van der Waals surface area contributed by atoms with E-state index in [4.69, 9.17) is 4.74 Å². The Morgan fingerprint density at radius 2 is 1.42 bits per heavy atom. The molecule has 0 spiro atoms. The first-order valence-corrected chi connectivity index (χ1v) is 12.3. The maximum atomic E-state index is 13.3. The minimum Gasteiger partial charge on any atom is -0.366 e. The van der Waals surface area contributed by atoms with E-state index in [-0.39, 0.29) is 5.78 Å². The van der Waals surface area contributed by atoms with Gasteiger partial charge in [-0.25, -0.2) is 0 Å². The normalized spacial score (nSPS) is 21.1. The largest absolute Gasteiger partial charge is 0.366 e. The number of hydrogen-bond acceptors (Lipinski definition) is 3. The minimum absolute atomic E-state index is 0.177. The Balaban J connectivity index is 0.000000376. The number of nitrogens with zero attached hydrogens (tertiary/aromatic N) is 1. The first kappa shape index (κ1) is 23.4. The summed E-state index contributed by atoms with van der Waals surface area (Å²) in [4.78, 5) is 15.8. The van der Waals surface area contributed by atoms with Crippen molar-refractivity contribution in [1.82, 2.24) is 4.90 Å². The summed E-state index contributed by atoms with van der Waals surface area (Å²) in [6.07, 6.45) is 4.01. The Labute approximate surface area is 198 Å². The fraction of sp³-hybridized carbons (Fsp3) is 0.367. The number of carbonyl (C=O) groups excluding carboxylic acids is 1. The van der Waals surface area contributed by atoms with Crippen LogP contribution < -0.4 is 0 Å². The molecule has 1 aliphatic carbocycles. The Bertz CT molecular complexity index is 969. The second kappa shape index (κ2) is 11.4. The molecule has 2 aliphatic rings.